The SMILES string of the molecule is C(=Cc1ccccc1-c1nc2ccccc2[nH]1)c1ccccc1.c1ccc2scnc2c1. The van der Waals surface area contributed by atoms with Crippen LogP contribution in [0.1, 0.15) is 11.1 Å². The number of H-pyrrole nitrogens is 1. The van der Waals surface area contributed by atoms with E-state index in [1.165, 1.54) is 10.3 Å². The molecule has 154 valence electrons. The number of aromatic nitrogens is 3. The van der Waals surface area contributed by atoms with Crippen LogP contribution in [-0.4, -0.2) is 15.0 Å². The highest BCUT2D eigenvalue weighted by atomic mass is 32.1. The maximum atomic E-state index is 4.71. The van der Waals surface area contributed by atoms with Crippen molar-refractivity contribution in [3.05, 3.63) is 120 Å². The molecule has 0 atom stereocenters. The van der Waals surface area contributed by atoms with Crippen molar-refractivity contribution >= 4 is 44.7 Å². The molecule has 0 aliphatic carbocycles. The highest BCUT2D eigenvalue weighted by Crippen LogP contribution is 2.25. The van der Waals surface area contributed by atoms with Crippen molar-refractivity contribution in [3.8, 4) is 11.4 Å². The van der Waals surface area contributed by atoms with E-state index in [1.807, 2.05) is 72.2 Å². The number of imidazole rings is 1. The van der Waals surface area contributed by atoms with Gasteiger partial charge in [0.25, 0.3) is 0 Å². The zero-order valence-electron chi connectivity index (χ0n) is 17.3. The van der Waals surface area contributed by atoms with Crippen LogP contribution in [0.3, 0.4) is 0 Å². The fourth-order valence-corrected chi connectivity index (χ4v) is 4.17. The number of para-hydroxylation sites is 3. The fourth-order valence-electron chi connectivity index (χ4n) is 3.49. The summed E-state index contributed by atoms with van der Waals surface area (Å²) < 4.78 is 1.26. The Morgan fingerprint density at radius 2 is 1.38 bits per heavy atom. The van der Waals surface area contributed by atoms with Crippen molar-refractivity contribution in [3.63, 3.8) is 0 Å². The van der Waals surface area contributed by atoms with Gasteiger partial charge in [-0.1, -0.05) is 91.0 Å². The Labute approximate surface area is 190 Å². The topological polar surface area (TPSA) is 41.6 Å². The summed E-state index contributed by atoms with van der Waals surface area (Å²) in [6.45, 7) is 0. The van der Waals surface area contributed by atoms with Gasteiger partial charge in [-0.15, -0.1) is 11.3 Å². The summed E-state index contributed by atoms with van der Waals surface area (Å²) in [6, 6.07) is 34.9. The molecule has 0 spiro atoms. The summed E-state index contributed by atoms with van der Waals surface area (Å²) in [4.78, 5) is 12.3. The van der Waals surface area contributed by atoms with E-state index in [4.69, 9.17) is 4.98 Å². The Bertz CT molecular complexity index is 1420. The normalized spacial score (nSPS) is 11.0. The average Bonchev–Trinajstić information content (AvgIpc) is 3.51. The number of hydrogen-bond acceptors (Lipinski definition) is 3. The largest absolute Gasteiger partial charge is 0.338 e. The van der Waals surface area contributed by atoms with Gasteiger partial charge in [0.2, 0.25) is 0 Å². The molecule has 0 radical (unpaired) electrons. The van der Waals surface area contributed by atoms with Crippen LogP contribution < -0.4 is 0 Å². The number of benzene rings is 4. The van der Waals surface area contributed by atoms with Crippen LogP contribution in [0, 0.1) is 0 Å². The van der Waals surface area contributed by atoms with E-state index < -0.39 is 0 Å². The first-order chi connectivity index (χ1) is 15.9. The third-order valence-electron chi connectivity index (χ3n) is 5.10. The quantitative estimate of drug-likeness (QED) is 0.292. The first kappa shape index (κ1) is 19.9. The van der Waals surface area contributed by atoms with E-state index in [2.05, 4.69) is 58.5 Å². The van der Waals surface area contributed by atoms with E-state index in [9.17, 15) is 0 Å². The van der Waals surface area contributed by atoms with E-state index in [0.29, 0.717) is 0 Å². The predicted molar refractivity (Wildman–Crippen MR) is 137 cm³/mol. The van der Waals surface area contributed by atoms with Gasteiger partial charge in [0, 0.05) is 5.56 Å². The van der Waals surface area contributed by atoms with Crippen molar-refractivity contribution in [2.24, 2.45) is 0 Å². The second kappa shape index (κ2) is 9.41. The minimum absolute atomic E-state index is 0.902. The molecule has 0 aliphatic heterocycles. The highest BCUT2D eigenvalue weighted by molar-refractivity contribution is 7.16. The third kappa shape index (κ3) is 4.51. The van der Waals surface area contributed by atoms with E-state index in [0.717, 1.165) is 33.5 Å². The van der Waals surface area contributed by atoms with E-state index in [1.54, 1.807) is 11.3 Å². The molecule has 6 rings (SSSR count). The highest BCUT2D eigenvalue weighted by Gasteiger charge is 2.07. The number of nitrogens with zero attached hydrogens (tertiary/aromatic N) is 2. The third-order valence-corrected chi connectivity index (χ3v) is 5.91. The molecule has 2 heterocycles. The van der Waals surface area contributed by atoms with Gasteiger partial charge in [-0.2, -0.15) is 0 Å². The summed E-state index contributed by atoms with van der Waals surface area (Å²) in [5, 5.41) is 0. The van der Waals surface area contributed by atoms with Gasteiger partial charge in [0.1, 0.15) is 5.82 Å². The zero-order valence-corrected chi connectivity index (χ0v) is 18.2. The van der Waals surface area contributed by atoms with Gasteiger partial charge < -0.3 is 4.98 Å². The number of nitrogens with one attached hydrogen (secondary N) is 1. The summed E-state index contributed by atoms with van der Waals surface area (Å²) >= 11 is 1.68. The van der Waals surface area contributed by atoms with Gasteiger partial charge in [0.05, 0.1) is 26.8 Å². The van der Waals surface area contributed by atoms with Gasteiger partial charge in [-0.25, -0.2) is 9.97 Å². The number of thiazole rings is 1. The Morgan fingerprint density at radius 3 is 2.22 bits per heavy atom. The number of hydrogen-bond donors (Lipinski definition) is 1. The van der Waals surface area contributed by atoms with Gasteiger partial charge in [0.15, 0.2) is 0 Å². The summed E-state index contributed by atoms with van der Waals surface area (Å²) in [7, 11) is 0. The molecule has 0 aliphatic rings. The van der Waals surface area contributed by atoms with Crippen molar-refractivity contribution in [2.45, 2.75) is 0 Å². The lowest BCUT2D eigenvalue weighted by Gasteiger charge is -2.02. The molecule has 1 N–H and O–H groups in total. The molecule has 0 fully saturated rings. The molecule has 0 amide bonds. The Morgan fingerprint density at radius 1 is 0.656 bits per heavy atom. The first-order valence-corrected chi connectivity index (χ1v) is 11.3. The molecule has 6 aromatic rings. The number of fused-ring (bicyclic) bond motifs is 2. The summed E-state index contributed by atoms with van der Waals surface area (Å²) in [5.41, 5.74) is 8.46. The minimum Gasteiger partial charge on any atom is -0.338 e. The monoisotopic (exact) mass is 431 g/mol. The fraction of sp³-hybridized carbons (Fsp3) is 0. The molecular formula is C28H21N3S. The van der Waals surface area contributed by atoms with Crippen LogP contribution in [-0.2, 0) is 0 Å². The first-order valence-electron chi connectivity index (χ1n) is 10.4. The summed E-state index contributed by atoms with van der Waals surface area (Å²) in [6.07, 6.45) is 4.26. The summed E-state index contributed by atoms with van der Waals surface area (Å²) in [5.74, 6) is 0.902. The molecule has 0 saturated carbocycles. The minimum atomic E-state index is 0.902. The standard InChI is InChI=1S/C21H16N2.C7H5NS/c1-2-8-16(9-3-1)14-15-17-10-4-5-11-18(17)21-22-19-12-6-7-13-20(19)23-21;1-2-4-7-6(3-1)8-5-9-7/h1-15H,(H,22,23);1-5H. The second-order valence-corrected chi connectivity index (χ2v) is 8.14. The van der Waals surface area contributed by atoms with E-state index >= 15 is 0 Å². The Balaban J connectivity index is 0.000000199. The zero-order chi connectivity index (χ0) is 21.6. The lowest BCUT2D eigenvalue weighted by atomic mass is 10.1. The number of rotatable bonds is 3. The lowest BCUT2D eigenvalue weighted by Crippen LogP contribution is -1.85. The molecule has 4 heteroatoms. The molecule has 0 unspecified atom stereocenters. The molecule has 0 saturated heterocycles. The van der Waals surface area contributed by atoms with Crippen molar-refractivity contribution in [1.82, 2.24) is 15.0 Å². The van der Waals surface area contributed by atoms with Crippen molar-refractivity contribution in [1.29, 1.82) is 0 Å². The van der Waals surface area contributed by atoms with E-state index in [-0.39, 0.29) is 0 Å². The molecule has 0 bridgehead atoms. The van der Waals surface area contributed by atoms with Crippen LogP contribution >= 0.6 is 11.3 Å². The molecule has 32 heavy (non-hydrogen) atoms. The lowest BCUT2D eigenvalue weighted by molar-refractivity contribution is 1.33. The maximum Gasteiger partial charge on any atom is 0.139 e. The molecule has 4 aromatic carbocycles. The van der Waals surface area contributed by atoms with Gasteiger partial charge >= 0.3 is 0 Å². The second-order valence-electron chi connectivity index (χ2n) is 7.25. The van der Waals surface area contributed by atoms with Crippen LogP contribution in [0.25, 0.3) is 44.8 Å². The predicted octanol–water partition coefficient (Wildman–Crippen LogP) is 7.70. The van der Waals surface area contributed by atoms with Crippen LogP contribution in [0.2, 0.25) is 0 Å². The smallest absolute Gasteiger partial charge is 0.139 e. The Hall–Kier alpha value is -4.02. The van der Waals surface area contributed by atoms with Gasteiger partial charge in [-0.3, -0.25) is 0 Å². The van der Waals surface area contributed by atoms with Crippen LogP contribution in [0.5, 0.6) is 0 Å². The Kier molecular flexibility index (Phi) is 5.86. The maximum absolute atomic E-state index is 4.71. The molecule has 3 nitrogen and oxygen atoms in total. The van der Waals surface area contributed by atoms with Gasteiger partial charge in [-0.05, 0) is 35.4 Å². The van der Waals surface area contributed by atoms with Crippen molar-refractivity contribution < 1.29 is 0 Å². The molecule has 2 aromatic heterocycles. The number of aromatic amines is 1. The van der Waals surface area contributed by atoms with Crippen molar-refractivity contribution in [2.75, 3.05) is 0 Å². The van der Waals surface area contributed by atoms with Crippen LogP contribution in [0.15, 0.2) is 109 Å². The molecular weight excluding hydrogens is 410 g/mol. The average molecular weight is 432 g/mol. The van der Waals surface area contributed by atoms with Crippen LogP contribution in [0.4, 0.5) is 0 Å².